The second-order valence-corrected chi connectivity index (χ2v) is 8.22. The molecule has 6 nitrogen and oxygen atoms in total. The summed E-state index contributed by atoms with van der Waals surface area (Å²) in [5.74, 6) is -0.187. The number of carbonyl (C=O) groups excluding carboxylic acids is 2. The molecule has 2 aromatic rings. The fourth-order valence-electron chi connectivity index (χ4n) is 3.73. The molecule has 0 aromatic heterocycles. The van der Waals surface area contributed by atoms with Crippen LogP contribution in [0.3, 0.4) is 0 Å². The van der Waals surface area contributed by atoms with Gasteiger partial charge in [-0.15, -0.1) is 0 Å². The topological polar surface area (TPSA) is 56.2 Å². The van der Waals surface area contributed by atoms with Crippen LogP contribution in [0.4, 0.5) is 5.69 Å². The van der Waals surface area contributed by atoms with Crippen LogP contribution >= 0.6 is 11.6 Å². The second kappa shape index (κ2) is 8.98. The molecule has 0 aliphatic carbocycles. The zero-order valence-electron chi connectivity index (χ0n) is 17.1. The van der Waals surface area contributed by atoms with Crippen molar-refractivity contribution in [3.05, 3.63) is 64.7 Å². The summed E-state index contributed by atoms with van der Waals surface area (Å²) >= 11 is 5.93. The van der Waals surface area contributed by atoms with Gasteiger partial charge in [0.2, 0.25) is 5.91 Å². The molecule has 1 fully saturated rings. The molecule has 0 spiro atoms. The van der Waals surface area contributed by atoms with Gasteiger partial charge in [-0.1, -0.05) is 41.4 Å². The smallest absolute Gasteiger partial charge is 0.270 e. The highest BCUT2D eigenvalue weighted by Crippen LogP contribution is 2.23. The number of piperazine rings is 1. The molecule has 0 radical (unpaired) electrons. The zero-order chi connectivity index (χ0) is 21.1. The molecule has 156 valence electrons. The number of hydrogen-bond donors (Lipinski definition) is 0. The highest BCUT2D eigenvalue weighted by atomic mass is 35.5. The highest BCUT2D eigenvalue weighted by molar-refractivity contribution is 6.40. The number of amides is 2. The first kappa shape index (κ1) is 20.6. The molecule has 4 rings (SSSR count). The largest absolute Gasteiger partial charge is 0.335 e. The summed E-state index contributed by atoms with van der Waals surface area (Å²) < 4.78 is 0. The van der Waals surface area contributed by atoms with Crippen LogP contribution in [0.15, 0.2) is 53.6 Å². The van der Waals surface area contributed by atoms with Crippen LogP contribution < -0.4 is 5.01 Å². The fraction of sp³-hybridized carbons (Fsp3) is 0.348. The van der Waals surface area contributed by atoms with Crippen LogP contribution in [0.5, 0.6) is 0 Å². The maximum absolute atomic E-state index is 13.0. The highest BCUT2D eigenvalue weighted by Gasteiger charge is 2.30. The summed E-state index contributed by atoms with van der Waals surface area (Å²) in [4.78, 5) is 29.5. The molecule has 2 aromatic carbocycles. The monoisotopic (exact) mass is 424 g/mol. The second-order valence-electron chi connectivity index (χ2n) is 7.78. The lowest BCUT2D eigenvalue weighted by Crippen LogP contribution is -2.51. The van der Waals surface area contributed by atoms with Gasteiger partial charge in [0.1, 0.15) is 5.71 Å². The Morgan fingerprint density at radius 1 is 0.967 bits per heavy atom. The van der Waals surface area contributed by atoms with Crippen molar-refractivity contribution in [2.75, 3.05) is 31.2 Å². The SMILES string of the molecule is Cc1ccc(CN2CCN(C(=O)C3=NN(c4ccc(Cl)cc4)C(=O)CC3)CC2)cc1. The maximum Gasteiger partial charge on any atom is 0.270 e. The van der Waals surface area contributed by atoms with Crippen LogP contribution in [0.25, 0.3) is 0 Å². The zero-order valence-corrected chi connectivity index (χ0v) is 17.8. The first-order valence-corrected chi connectivity index (χ1v) is 10.6. The van der Waals surface area contributed by atoms with E-state index in [-0.39, 0.29) is 18.2 Å². The number of hydrogen-bond acceptors (Lipinski definition) is 4. The van der Waals surface area contributed by atoms with E-state index in [4.69, 9.17) is 11.6 Å². The van der Waals surface area contributed by atoms with E-state index in [0.717, 1.165) is 19.6 Å². The Kier molecular flexibility index (Phi) is 6.16. The van der Waals surface area contributed by atoms with Crippen LogP contribution in [0.1, 0.15) is 24.0 Å². The number of benzene rings is 2. The average molecular weight is 425 g/mol. The molecule has 2 amide bonds. The summed E-state index contributed by atoms with van der Waals surface area (Å²) in [5, 5.41) is 6.30. The number of hydrazone groups is 1. The Hall–Kier alpha value is -2.70. The number of halogens is 1. The predicted molar refractivity (Wildman–Crippen MR) is 119 cm³/mol. The summed E-state index contributed by atoms with van der Waals surface area (Å²) in [6.07, 6.45) is 0.659. The lowest BCUT2D eigenvalue weighted by Gasteiger charge is -2.35. The third-order valence-corrected chi connectivity index (χ3v) is 5.79. The molecule has 2 aliphatic rings. The summed E-state index contributed by atoms with van der Waals surface area (Å²) in [5.41, 5.74) is 3.61. The third kappa shape index (κ3) is 4.71. The minimum atomic E-state index is -0.114. The van der Waals surface area contributed by atoms with Crippen LogP contribution in [0.2, 0.25) is 5.02 Å². The van der Waals surface area contributed by atoms with Gasteiger partial charge in [0.05, 0.1) is 5.69 Å². The van der Waals surface area contributed by atoms with E-state index in [9.17, 15) is 9.59 Å². The van der Waals surface area contributed by atoms with Gasteiger partial charge >= 0.3 is 0 Å². The van der Waals surface area contributed by atoms with Crippen molar-refractivity contribution in [1.29, 1.82) is 0 Å². The fourth-order valence-corrected chi connectivity index (χ4v) is 3.86. The molecule has 0 bridgehead atoms. The molecule has 7 heteroatoms. The number of carbonyl (C=O) groups is 2. The number of aryl methyl sites for hydroxylation is 1. The molecule has 0 saturated carbocycles. The van der Waals surface area contributed by atoms with Crippen molar-refractivity contribution in [2.24, 2.45) is 5.10 Å². The van der Waals surface area contributed by atoms with Crippen molar-refractivity contribution >= 4 is 34.8 Å². The van der Waals surface area contributed by atoms with E-state index in [1.165, 1.54) is 16.1 Å². The Bertz CT molecular complexity index is 948. The van der Waals surface area contributed by atoms with Gasteiger partial charge in [-0.3, -0.25) is 14.5 Å². The predicted octanol–water partition coefficient (Wildman–Crippen LogP) is 3.48. The molecule has 2 aliphatic heterocycles. The maximum atomic E-state index is 13.0. The lowest BCUT2D eigenvalue weighted by atomic mass is 10.1. The standard InChI is InChI=1S/C23H25ClN4O2/c1-17-2-4-18(5-3-17)16-26-12-14-27(15-13-26)23(30)21-10-11-22(29)28(25-21)20-8-6-19(24)7-9-20/h2-9H,10-16H2,1H3. The summed E-state index contributed by atoms with van der Waals surface area (Å²) in [6.45, 7) is 5.96. The summed E-state index contributed by atoms with van der Waals surface area (Å²) in [6, 6.07) is 15.5. The first-order valence-electron chi connectivity index (χ1n) is 10.2. The molecule has 1 saturated heterocycles. The van der Waals surface area contributed by atoms with E-state index in [1.807, 2.05) is 4.90 Å². The van der Waals surface area contributed by atoms with Crippen molar-refractivity contribution in [3.63, 3.8) is 0 Å². The van der Waals surface area contributed by atoms with Gasteiger partial charge in [-0.2, -0.15) is 5.10 Å². The molecule has 30 heavy (non-hydrogen) atoms. The van der Waals surface area contributed by atoms with E-state index in [0.29, 0.717) is 35.9 Å². The number of rotatable bonds is 4. The minimum Gasteiger partial charge on any atom is -0.335 e. The van der Waals surface area contributed by atoms with Gasteiger partial charge in [0.15, 0.2) is 0 Å². The van der Waals surface area contributed by atoms with Gasteiger partial charge in [-0.05, 0) is 36.8 Å². The molecule has 2 heterocycles. The van der Waals surface area contributed by atoms with Crippen molar-refractivity contribution < 1.29 is 9.59 Å². The van der Waals surface area contributed by atoms with Crippen molar-refractivity contribution in [1.82, 2.24) is 9.80 Å². The molecule has 0 unspecified atom stereocenters. The summed E-state index contributed by atoms with van der Waals surface area (Å²) in [7, 11) is 0. The van der Waals surface area contributed by atoms with Crippen LogP contribution in [-0.4, -0.2) is 53.5 Å². The number of anilines is 1. The van der Waals surface area contributed by atoms with Crippen LogP contribution in [-0.2, 0) is 16.1 Å². The Morgan fingerprint density at radius 2 is 1.63 bits per heavy atom. The Labute approximate surface area is 181 Å². The van der Waals surface area contributed by atoms with Crippen molar-refractivity contribution in [3.8, 4) is 0 Å². The van der Waals surface area contributed by atoms with Gasteiger partial charge < -0.3 is 4.90 Å². The van der Waals surface area contributed by atoms with E-state index in [1.54, 1.807) is 24.3 Å². The molecular formula is C23H25ClN4O2. The van der Waals surface area contributed by atoms with E-state index >= 15 is 0 Å². The minimum absolute atomic E-state index is 0.0727. The molecule has 0 atom stereocenters. The molecule has 0 N–H and O–H groups in total. The average Bonchev–Trinajstić information content (AvgIpc) is 2.76. The Balaban J connectivity index is 1.38. The quantitative estimate of drug-likeness (QED) is 0.755. The normalized spacial score (nSPS) is 17.8. The van der Waals surface area contributed by atoms with Crippen LogP contribution in [0, 0.1) is 6.92 Å². The lowest BCUT2D eigenvalue weighted by molar-refractivity contribution is -0.126. The first-order chi connectivity index (χ1) is 14.5. The van der Waals surface area contributed by atoms with Gasteiger partial charge in [0.25, 0.3) is 5.91 Å². The van der Waals surface area contributed by atoms with E-state index in [2.05, 4.69) is 41.2 Å². The van der Waals surface area contributed by atoms with Gasteiger partial charge in [-0.25, -0.2) is 5.01 Å². The van der Waals surface area contributed by atoms with Crippen molar-refractivity contribution in [2.45, 2.75) is 26.3 Å². The Morgan fingerprint density at radius 3 is 2.30 bits per heavy atom. The third-order valence-electron chi connectivity index (χ3n) is 5.54. The number of nitrogens with zero attached hydrogens (tertiary/aromatic N) is 4. The van der Waals surface area contributed by atoms with Gasteiger partial charge in [0, 0.05) is 50.6 Å². The van der Waals surface area contributed by atoms with E-state index < -0.39 is 0 Å². The molecular weight excluding hydrogens is 400 g/mol.